The molecule has 2 rings (SSSR count). The Morgan fingerprint density at radius 1 is 1.13 bits per heavy atom. The van der Waals surface area contributed by atoms with Crippen LogP contribution in [0.25, 0.3) is 0 Å². The lowest BCUT2D eigenvalue weighted by atomic mass is 9.88. The Kier molecular flexibility index (Phi) is 5.54. The zero-order chi connectivity index (χ0) is 17.3. The highest BCUT2D eigenvalue weighted by Crippen LogP contribution is 2.32. The van der Waals surface area contributed by atoms with Crippen molar-refractivity contribution in [3.05, 3.63) is 52.8 Å². The van der Waals surface area contributed by atoms with E-state index < -0.39 is 17.2 Å². The highest BCUT2D eigenvalue weighted by molar-refractivity contribution is 6.91. The fourth-order valence-corrected chi connectivity index (χ4v) is 10.3. The van der Waals surface area contributed by atoms with Gasteiger partial charge in [-0.2, -0.15) is 0 Å². The molecule has 1 aliphatic carbocycles. The standard InChI is InChI=1S/C20H33NSi2/c1-16-11-8-9-13-18(16)22(21-23(5,6)7)19-14-10-12-17(19)15-20(2,3)4/h8-13,21-22H,14-15H2,1-7H3. The third-order valence-corrected chi connectivity index (χ3v) is 11.4. The summed E-state index contributed by atoms with van der Waals surface area (Å²) in [4.78, 5) is 0. The highest BCUT2D eigenvalue weighted by atomic mass is 28.4. The van der Waals surface area contributed by atoms with E-state index in [1.165, 1.54) is 12.0 Å². The molecular formula is C20H33NSi2. The summed E-state index contributed by atoms with van der Waals surface area (Å²) in [5.74, 6) is 0. The van der Waals surface area contributed by atoms with Gasteiger partial charge in [-0.1, -0.05) is 93.2 Å². The van der Waals surface area contributed by atoms with Crippen molar-refractivity contribution in [3.8, 4) is 0 Å². The molecule has 0 aromatic heterocycles. The number of nitrogens with one attached hydrogen (secondary N) is 1. The molecule has 23 heavy (non-hydrogen) atoms. The van der Waals surface area contributed by atoms with E-state index in [1.807, 2.05) is 0 Å². The Morgan fingerprint density at radius 3 is 2.35 bits per heavy atom. The molecule has 0 fully saturated rings. The van der Waals surface area contributed by atoms with Crippen molar-refractivity contribution in [1.29, 1.82) is 0 Å². The molecule has 0 spiro atoms. The molecule has 3 heteroatoms. The fraction of sp³-hybridized carbons (Fsp3) is 0.500. The molecule has 0 bridgehead atoms. The average Bonchev–Trinajstić information content (AvgIpc) is 2.81. The SMILES string of the molecule is Cc1ccccc1[SiH](N[Si](C)(C)C)C1=C(CC(C)(C)C)C=CC1. The largest absolute Gasteiger partial charge is 0.355 e. The normalized spacial score (nSPS) is 17.0. The number of hydrogen-bond acceptors (Lipinski definition) is 1. The summed E-state index contributed by atoms with van der Waals surface area (Å²) < 4.78 is 4.15. The molecule has 0 aliphatic heterocycles. The van der Waals surface area contributed by atoms with Gasteiger partial charge < -0.3 is 4.65 Å². The van der Waals surface area contributed by atoms with Crippen molar-refractivity contribution in [2.75, 3.05) is 0 Å². The minimum atomic E-state index is -1.33. The first kappa shape index (κ1) is 18.4. The molecule has 0 saturated carbocycles. The second-order valence-corrected chi connectivity index (χ2v) is 16.9. The van der Waals surface area contributed by atoms with Gasteiger partial charge >= 0.3 is 0 Å². The van der Waals surface area contributed by atoms with E-state index in [4.69, 9.17) is 0 Å². The van der Waals surface area contributed by atoms with Crippen LogP contribution in [0.15, 0.2) is 47.2 Å². The zero-order valence-corrected chi connectivity index (χ0v) is 18.1. The maximum atomic E-state index is 4.15. The van der Waals surface area contributed by atoms with Crippen molar-refractivity contribution in [3.63, 3.8) is 0 Å². The summed E-state index contributed by atoms with van der Waals surface area (Å²) in [5.41, 5.74) is 3.40. The topological polar surface area (TPSA) is 12.0 Å². The third-order valence-electron chi connectivity index (χ3n) is 4.22. The van der Waals surface area contributed by atoms with Crippen molar-refractivity contribution < 1.29 is 0 Å². The average molecular weight is 344 g/mol. The summed E-state index contributed by atoms with van der Waals surface area (Å²) in [6.45, 7) is 16.6. The third kappa shape index (κ3) is 5.30. The van der Waals surface area contributed by atoms with Crippen LogP contribution < -0.4 is 9.83 Å². The Balaban J connectivity index is 2.45. The molecule has 1 nitrogen and oxygen atoms in total. The summed E-state index contributed by atoms with van der Waals surface area (Å²) in [6, 6.07) is 9.00. The summed E-state index contributed by atoms with van der Waals surface area (Å²) in [5, 5.41) is 3.30. The van der Waals surface area contributed by atoms with E-state index >= 15 is 0 Å². The van der Waals surface area contributed by atoms with E-state index in [0.29, 0.717) is 5.41 Å². The Labute approximate surface area is 145 Å². The summed E-state index contributed by atoms with van der Waals surface area (Å²) >= 11 is 0. The minimum Gasteiger partial charge on any atom is -0.355 e. The Hall–Kier alpha value is -0.906. The number of hydrogen-bond donors (Lipinski definition) is 1. The second kappa shape index (κ2) is 6.92. The monoisotopic (exact) mass is 343 g/mol. The smallest absolute Gasteiger partial charge is 0.163 e. The molecule has 0 amide bonds. The lowest BCUT2D eigenvalue weighted by Gasteiger charge is -2.30. The Morgan fingerprint density at radius 2 is 1.78 bits per heavy atom. The molecule has 1 atom stereocenters. The quantitative estimate of drug-likeness (QED) is 0.772. The predicted molar refractivity (Wildman–Crippen MR) is 109 cm³/mol. The van der Waals surface area contributed by atoms with E-state index in [-0.39, 0.29) is 0 Å². The van der Waals surface area contributed by atoms with E-state index in [9.17, 15) is 0 Å². The van der Waals surface area contributed by atoms with Crippen LogP contribution in [0, 0.1) is 12.3 Å². The maximum absolute atomic E-state index is 4.15. The van der Waals surface area contributed by atoms with Gasteiger partial charge in [-0.05, 0) is 30.4 Å². The first-order valence-corrected chi connectivity index (χ1v) is 14.0. The van der Waals surface area contributed by atoms with Gasteiger partial charge in [0, 0.05) is 0 Å². The van der Waals surface area contributed by atoms with Gasteiger partial charge in [-0.25, -0.2) is 0 Å². The number of allylic oxidation sites excluding steroid dienone is 4. The van der Waals surface area contributed by atoms with Crippen LogP contribution in [0.2, 0.25) is 19.6 Å². The van der Waals surface area contributed by atoms with Crippen LogP contribution in [0.3, 0.4) is 0 Å². The molecule has 0 radical (unpaired) electrons. The molecule has 1 unspecified atom stereocenters. The number of benzene rings is 1. The number of aryl methyl sites for hydroxylation is 1. The summed E-state index contributed by atoms with van der Waals surface area (Å²) in [7, 11) is -2.66. The van der Waals surface area contributed by atoms with E-state index in [2.05, 4.69) is 88.4 Å². The highest BCUT2D eigenvalue weighted by Gasteiger charge is 2.29. The van der Waals surface area contributed by atoms with Crippen LogP contribution in [0.4, 0.5) is 0 Å². The molecule has 1 aromatic rings. The molecule has 1 aliphatic rings. The predicted octanol–water partition coefficient (Wildman–Crippen LogP) is 4.58. The molecular weight excluding hydrogens is 310 g/mol. The Bertz CT molecular complexity index is 615. The zero-order valence-electron chi connectivity index (χ0n) is 16.0. The molecule has 1 aromatic carbocycles. The molecule has 126 valence electrons. The van der Waals surface area contributed by atoms with Crippen LogP contribution in [0.5, 0.6) is 0 Å². The van der Waals surface area contributed by atoms with Crippen LogP contribution >= 0.6 is 0 Å². The van der Waals surface area contributed by atoms with Gasteiger partial charge in [0.2, 0.25) is 0 Å². The van der Waals surface area contributed by atoms with Gasteiger partial charge in [-0.3, -0.25) is 0 Å². The van der Waals surface area contributed by atoms with Crippen molar-refractivity contribution in [2.45, 2.75) is 60.2 Å². The van der Waals surface area contributed by atoms with E-state index in [1.54, 1.807) is 16.0 Å². The van der Waals surface area contributed by atoms with Gasteiger partial charge in [0.25, 0.3) is 0 Å². The van der Waals surface area contributed by atoms with Crippen molar-refractivity contribution in [2.24, 2.45) is 5.41 Å². The van der Waals surface area contributed by atoms with Crippen LogP contribution in [-0.2, 0) is 0 Å². The molecule has 0 saturated heterocycles. The van der Waals surface area contributed by atoms with Gasteiger partial charge in [0.15, 0.2) is 8.96 Å². The lowest BCUT2D eigenvalue weighted by molar-refractivity contribution is 0.413. The number of rotatable bonds is 5. The van der Waals surface area contributed by atoms with Gasteiger partial charge in [0.05, 0.1) is 0 Å². The van der Waals surface area contributed by atoms with Crippen LogP contribution in [0.1, 0.15) is 39.2 Å². The first-order chi connectivity index (χ1) is 10.6. The summed E-state index contributed by atoms with van der Waals surface area (Å²) in [6.07, 6.45) is 7.10. The first-order valence-electron chi connectivity index (χ1n) is 8.78. The fourth-order valence-electron chi connectivity index (χ4n) is 3.31. The van der Waals surface area contributed by atoms with Crippen molar-refractivity contribution in [1.82, 2.24) is 4.65 Å². The van der Waals surface area contributed by atoms with Gasteiger partial charge in [-0.15, -0.1) is 0 Å². The van der Waals surface area contributed by atoms with E-state index in [0.717, 1.165) is 6.42 Å². The van der Waals surface area contributed by atoms with Crippen LogP contribution in [-0.4, -0.2) is 17.2 Å². The minimum absolute atomic E-state index is 0.346. The maximum Gasteiger partial charge on any atom is 0.163 e. The van der Waals surface area contributed by atoms with Crippen molar-refractivity contribution >= 4 is 22.4 Å². The molecule has 1 N–H and O–H groups in total. The second-order valence-electron chi connectivity index (χ2n) is 9.08. The molecule has 0 heterocycles. The lowest BCUT2D eigenvalue weighted by Crippen LogP contribution is -2.58. The van der Waals surface area contributed by atoms with Gasteiger partial charge in [0.1, 0.15) is 8.24 Å².